The predicted octanol–water partition coefficient (Wildman–Crippen LogP) is 2.08. The van der Waals surface area contributed by atoms with Crippen LogP contribution in [-0.4, -0.2) is 38.7 Å². The van der Waals surface area contributed by atoms with Gasteiger partial charge in [-0.25, -0.2) is 8.42 Å². The minimum absolute atomic E-state index is 0.0465. The van der Waals surface area contributed by atoms with E-state index in [-0.39, 0.29) is 17.9 Å². The zero-order valence-electron chi connectivity index (χ0n) is 15.5. The van der Waals surface area contributed by atoms with Crippen molar-refractivity contribution in [3.8, 4) is 5.75 Å². The van der Waals surface area contributed by atoms with Gasteiger partial charge in [-0.2, -0.15) is 0 Å². The second-order valence-electron chi connectivity index (χ2n) is 5.90. The van der Waals surface area contributed by atoms with Crippen LogP contribution >= 0.6 is 0 Å². The third kappa shape index (κ3) is 5.95. The zero-order chi connectivity index (χ0) is 20.7. The van der Waals surface area contributed by atoms with Crippen LogP contribution in [0.5, 0.6) is 5.75 Å². The summed E-state index contributed by atoms with van der Waals surface area (Å²) >= 11 is 0. The van der Waals surface area contributed by atoms with Crippen LogP contribution in [0.2, 0.25) is 0 Å². The Bertz CT molecular complexity index is 961. The van der Waals surface area contributed by atoms with E-state index in [1.54, 1.807) is 24.3 Å². The highest BCUT2D eigenvalue weighted by Crippen LogP contribution is 2.23. The van der Waals surface area contributed by atoms with E-state index < -0.39 is 27.4 Å². The standard InChI is InChI=1S/C18H21N3O6S/c1-3-27-17-9-4-6-14(10-17)12-19-18(22)13-20(28(2,25)26)15-7-5-8-16(11-15)21(23)24/h4-11H,3,12-13H2,1-2H3,(H,19,22). The zero-order valence-corrected chi connectivity index (χ0v) is 16.3. The summed E-state index contributed by atoms with van der Waals surface area (Å²) < 4.78 is 30.4. The van der Waals surface area contributed by atoms with Crippen LogP contribution < -0.4 is 14.4 Å². The molecule has 28 heavy (non-hydrogen) atoms. The Balaban J connectivity index is 2.11. The van der Waals surface area contributed by atoms with Crippen LogP contribution in [0.15, 0.2) is 48.5 Å². The van der Waals surface area contributed by atoms with Crippen LogP contribution in [0, 0.1) is 10.1 Å². The van der Waals surface area contributed by atoms with Gasteiger partial charge < -0.3 is 10.1 Å². The fraction of sp³-hybridized carbons (Fsp3) is 0.278. The highest BCUT2D eigenvalue weighted by Gasteiger charge is 2.22. The maximum absolute atomic E-state index is 12.3. The Hall–Kier alpha value is -3.14. The van der Waals surface area contributed by atoms with E-state index in [1.807, 2.05) is 6.92 Å². The Morgan fingerprint density at radius 1 is 1.21 bits per heavy atom. The number of amides is 1. The third-order valence-corrected chi connectivity index (χ3v) is 4.86. The second-order valence-corrected chi connectivity index (χ2v) is 7.81. The average Bonchev–Trinajstić information content (AvgIpc) is 2.64. The number of carbonyl (C=O) groups excluding carboxylic acids is 1. The van der Waals surface area contributed by atoms with Crippen molar-refractivity contribution in [2.75, 3.05) is 23.7 Å². The number of hydrogen-bond donors (Lipinski definition) is 1. The number of rotatable bonds is 9. The third-order valence-electron chi connectivity index (χ3n) is 3.72. The summed E-state index contributed by atoms with van der Waals surface area (Å²) in [5, 5.41) is 13.6. The molecule has 0 aromatic heterocycles. The van der Waals surface area contributed by atoms with Crippen molar-refractivity contribution in [1.82, 2.24) is 5.32 Å². The van der Waals surface area contributed by atoms with Gasteiger partial charge in [0, 0.05) is 18.7 Å². The van der Waals surface area contributed by atoms with E-state index in [4.69, 9.17) is 4.74 Å². The summed E-state index contributed by atoms with van der Waals surface area (Å²) in [5.74, 6) is 0.127. The second kappa shape index (κ2) is 9.18. The Labute approximate surface area is 163 Å². The molecule has 2 aromatic rings. The number of carbonyl (C=O) groups is 1. The summed E-state index contributed by atoms with van der Waals surface area (Å²) in [6.45, 7) is 2.07. The summed E-state index contributed by atoms with van der Waals surface area (Å²) in [6.07, 6.45) is 0.935. The van der Waals surface area contributed by atoms with Gasteiger partial charge in [0.05, 0.1) is 23.5 Å². The highest BCUT2D eigenvalue weighted by atomic mass is 32.2. The fourth-order valence-corrected chi connectivity index (χ4v) is 3.31. The molecule has 0 fully saturated rings. The van der Waals surface area contributed by atoms with E-state index in [9.17, 15) is 23.3 Å². The summed E-state index contributed by atoms with van der Waals surface area (Å²) in [4.78, 5) is 22.6. The number of non-ortho nitro benzene ring substituents is 1. The number of sulfonamides is 1. The first-order chi connectivity index (χ1) is 13.2. The highest BCUT2D eigenvalue weighted by molar-refractivity contribution is 7.92. The molecule has 2 rings (SSSR count). The SMILES string of the molecule is CCOc1cccc(CNC(=O)CN(c2cccc([N+](=O)[O-])c2)S(C)(=O)=O)c1. The molecule has 0 saturated carbocycles. The number of nitro groups is 1. The molecule has 150 valence electrons. The van der Waals surface area contributed by atoms with Crippen LogP contribution in [0.3, 0.4) is 0 Å². The number of ether oxygens (including phenoxy) is 1. The first kappa shape index (κ1) is 21.2. The van der Waals surface area contributed by atoms with Gasteiger partial charge >= 0.3 is 0 Å². The Morgan fingerprint density at radius 3 is 2.57 bits per heavy atom. The minimum atomic E-state index is -3.82. The molecule has 0 bridgehead atoms. The molecule has 0 heterocycles. The first-order valence-corrected chi connectivity index (χ1v) is 10.3. The number of nitrogens with zero attached hydrogens (tertiary/aromatic N) is 2. The van der Waals surface area contributed by atoms with Crippen LogP contribution in [0.25, 0.3) is 0 Å². The lowest BCUT2D eigenvalue weighted by atomic mass is 10.2. The smallest absolute Gasteiger partial charge is 0.271 e. The summed E-state index contributed by atoms with van der Waals surface area (Å²) in [5.41, 5.74) is 0.574. The monoisotopic (exact) mass is 407 g/mol. The minimum Gasteiger partial charge on any atom is -0.494 e. The van der Waals surface area contributed by atoms with E-state index in [1.165, 1.54) is 18.2 Å². The van der Waals surface area contributed by atoms with Gasteiger partial charge in [0.2, 0.25) is 15.9 Å². The quantitative estimate of drug-likeness (QED) is 0.502. The molecule has 0 radical (unpaired) electrons. The normalized spacial score (nSPS) is 10.9. The molecule has 0 aliphatic carbocycles. The lowest BCUT2D eigenvalue weighted by molar-refractivity contribution is -0.384. The van der Waals surface area contributed by atoms with Gasteiger partial charge in [0.25, 0.3) is 5.69 Å². The number of anilines is 1. The van der Waals surface area contributed by atoms with Crippen molar-refractivity contribution in [2.24, 2.45) is 0 Å². The van der Waals surface area contributed by atoms with Crippen molar-refractivity contribution >= 4 is 27.3 Å². The molecular formula is C18H21N3O6S. The molecule has 9 nitrogen and oxygen atoms in total. The molecule has 1 N–H and O–H groups in total. The molecular weight excluding hydrogens is 386 g/mol. The molecule has 0 unspecified atom stereocenters. The largest absolute Gasteiger partial charge is 0.494 e. The van der Waals surface area contributed by atoms with Gasteiger partial charge in [-0.3, -0.25) is 19.2 Å². The van der Waals surface area contributed by atoms with Crippen molar-refractivity contribution in [2.45, 2.75) is 13.5 Å². The Kier molecular flexibility index (Phi) is 6.94. The molecule has 0 aliphatic rings. The molecule has 1 amide bonds. The van der Waals surface area contributed by atoms with E-state index >= 15 is 0 Å². The fourth-order valence-electron chi connectivity index (χ4n) is 2.46. The number of hydrogen-bond acceptors (Lipinski definition) is 6. The van der Waals surface area contributed by atoms with Crippen molar-refractivity contribution in [1.29, 1.82) is 0 Å². The molecule has 0 spiro atoms. The maximum Gasteiger partial charge on any atom is 0.271 e. The number of nitrogens with one attached hydrogen (secondary N) is 1. The van der Waals surface area contributed by atoms with Crippen molar-refractivity contribution in [3.05, 3.63) is 64.2 Å². The van der Waals surface area contributed by atoms with E-state index in [2.05, 4.69) is 5.32 Å². The number of nitro benzene ring substituents is 1. The van der Waals surface area contributed by atoms with Crippen LogP contribution in [0.4, 0.5) is 11.4 Å². The molecule has 0 atom stereocenters. The van der Waals surface area contributed by atoms with Crippen LogP contribution in [-0.2, 0) is 21.4 Å². The molecule has 0 aliphatic heterocycles. The molecule has 10 heteroatoms. The summed E-state index contributed by atoms with van der Waals surface area (Å²) in [6, 6.07) is 12.3. The van der Waals surface area contributed by atoms with Gasteiger partial charge in [-0.1, -0.05) is 18.2 Å². The Morgan fingerprint density at radius 2 is 1.93 bits per heavy atom. The van der Waals surface area contributed by atoms with Gasteiger partial charge in [0.1, 0.15) is 12.3 Å². The van der Waals surface area contributed by atoms with Crippen molar-refractivity contribution < 1.29 is 22.9 Å². The predicted molar refractivity (Wildman–Crippen MR) is 105 cm³/mol. The topological polar surface area (TPSA) is 119 Å². The summed E-state index contributed by atoms with van der Waals surface area (Å²) in [7, 11) is -3.82. The number of benzene rings is 2. The van der Waals surface area contributed by atoms with Gasteiger partial charge in [-0.05, 0) is 30.7 Å². The molecule has 0 saturated heterocycles. The first-order valence-electron chi connectivity index (χ1n) is 8.41. The van der Waals surface area contributed by atoms with Crippen molar-refractivity contribution in [3.63, 3.8) is 0 Å². The van der Waals surface area contributed by atoms with Gasteiger partial charge in [-0.15, -0.1) is 0 Å². The van der Waals surface area contributed by atoms with E-state index in [0.29, 0.717) is 12.4 Å². The lowest BCUT2D eigenvalue weighted by Crippen LogP contribution is -2.40. The molecule has 2 aromatic carbocycles. The average molecular weight is 407 g/mol. The van der Waals surface area contributed by atoms with E-state index in [0.717, 1.165) is 22.2 Å². The van der Waals surface area contributed by atoms with Crippen LogP contribution in [0.1, 0.15) is 12.5 Å². The lowest BCUT2D eigenvalue weighted by Gasteiger charge is -2.21. The maximum atomic E-state index is 12.3. The van der Waals surface area contributed by atoms with Gasteiger partial charge in [0.15, 0.2) is 0 Å².